The summed E-state index contributed by atoms with van der Waals surface area (Å²) in [5.74, 6) is 0.796. The van der Waals surface area contributed by atoms with Crippen LogP contribution in [-0.2, 0) is 16.0 Å². The molecule has 0 bridgehead atoms. The van der Waals surface area contributed by atoms with Crippen molar-refractivity contribution >= 4 is 17.1 Å². The summed E-state index contributed by atoms with van der Waals surface area (Å²) in [6.45, 7) is 2.20. The van der Waals surface area contributed by atoms with Gasteiger partial charge in [-0.1, -0.05) is 13.3 Å². The van der Waals surface area contributed by atoms with Gasteiger partial charge in [-0.05, 0) is 25.2 Å². The molecule has 2 rings (SSSR count). The van der Waals surface area contributed by atoms with Crippen LogP contribution in [0.4, 0.5) is 0 Å². The molecular formula is C13H19NO2S. The normalized spacial score (nSPS) is 29.2. The van der Waals surface area contributed by atoms with Gasteiger partial charge in [0.25, 0.3) is 0 Å². The summed E-state index contributed by atoms with van der Waals surface area (Å²) in [6.07, 6.45) is 6.26. The van der Waals surface area contributed by atoms with Crippen LogP contribution >= 0.6 is 11.3 Å². The third kappa shape index (κ3) is 2.75. The fraction of sp³-hybridized carbons (Fsp3) is 0.692. The molecule has 0 radical (unpaired) electrons. The Labute approximate surface area is 106 Å². The van der Waals surface area contributed by atoms with E-state index in [2.05, 4.69) is 11.9 Å². The van der Waals surface area contributed by atoms with Crippen LogP contribution in [0.1, 0.15) is 37.5 Å². The highest BCUT2D eigenvalue weighted by Gasteiger charge is 2.41. The van der Waals surface area contributed by atoms with Crippen molar-refractivity contribution in [2.75, 3.05) is 7.11 Å². The Morgan fingerprint density at radius 3 is 3.12 bits per heavy atom. The first kappa shape index (κ1) is 12.7. The van der Waals surface area contributed by atoms with Crippen molar-refractivity contribution in [3.63, 3.8) is 0 Å². The Morgan fingerprint density at radius 2 is 2.53 bits per heavy atom. The fourth-order valence-corrected chi connectivity index (χ4v) is 3.30. The molecule has 1 saturated carbocycles. The third-order valence-corrected chi connectivity index (χ3v) is 4.45. The molecule has 1 heterocycles. The monoisotopic (exact) mass is 253 g/mol. The average molecular weight is 253 g/mol. The minimum Gasteiger partial charge on any atom is -0.370 e. The van der Waals surface area contributed by atoms with Gasteiger partial charge >= 0.3 is 0 Å². The van der Waals surface area contributed by atoms with Crippen LogP contribution in [-0.4, -0.2) is 23.5 Å². The quantitative estimate of drug-likeness (QED) is 0.828. The first-order chi connectivity index (χ1) is 8.16. The molecule has 0 aromatic carbocycles. The van der Waals surface area contributed by atoms with Gasteiger partial charge in [-0.15, -0.1) is 11.3 Å². The summed E-state index contributed by atoms with van der Waals surface area (Å²) in [6, 6.07) is 0. The number of aromatic nitrogens is 1. The van der Waals surface area contributed by atoms with Gasteiger partial charge in [0, 0.05) is 24.6 Å². The average Bonchev–Trinajstić information content (AvgIpc) is 2.81. The molecule has 1 aliphatic carbocycles. The lowest BCUT2D eigenvalue weighted by molar-refractivity contribution is -0.146. The third-order valence-electron chi connectivity index (χ3n) is 3.67. The molecule has 0 spiro atoms. The lowest BCUT2D eigenvalue weighted by Crippen LogP contribution is -2.45. The van der Waals surface area contributed by atoms with Gasteiger partial charge in [0.15, 0.2) is 5.78 Å². The van der Waals surface area contributed by atoms with Crippen LogP contribution in [0.2, 0.25) is 0 Å². The van der Waals surface area contributed by atoms with E-state index in [4.69, 9.17) is 4.74 Å². The maximum absolute atomic E-state index is 12.4. The van der Waals surface area contributed by atoms with Gasteiger partial charge in [0.2, 0.25) is 0 Å². The van der Waals surface area contributed by atoms with Crippen molar-refractivity contribution in [1.82, 2.24) is 4.98 Å². The zero-order chi connectivity index (χ0) is 12.3. The molecule has 1 aromatic heterocycles. The molecule has 1 fully saturated rings. The number of hydrogen-bond acceptors (Lipinski definition) is 4. The van der Waals surface area contributed by atoms with Gasteiger partial charge in [-0.2, -0.15) is 0 Å². The Morgan fingerprint density at radius 1 is 1.71 bits per heavy atom. The highest BCUT2D eigenvalue weighted by molar-refractivity contribution is 7.09. The van der Waals surface area contributed by atoms with Crippen molar-refractivity contribution in [3.05, 3.63) is 16.6 Å². The molecule has 2 unspecified atom stereocenters. The standard InChI is InChI=1S/C13H19NO2S/c1-10-4-3-5-13(7-10,16-2)12(15)6-11-8-14-9-17-11/h8-10H,3-7H2,1-2H3. The topological polar surface area (TPSA) is 39.2 Å². The molecule has 0 N–H and O–H groups in total. The summed E-state index contributed by atoms with van der Waals surface area (Å²) in [5, 5.41) is 0. The lowest BCUT2D eigenvalue weighted by atomic mass is 9.75. The van der Waals surface area contributed by atoms with Crippen LogP contribution in [0.5, 0.6) is 0 Å². The van der Waals surface area contributed by atoms with Crippen molar-refractivity contribution < 1.29 is 9.53 Å². The Hall–Kier alpha value is -0.740. The maximum atomic E-state index is 12.4. The molecule has 0 aliphatic heterocycles. The number of rotatable bonds is 4. The fourth-order valence-electron chi connectivity index (χ4n) is 2.70. The molecule has 1 aromatic rings. The van der Waals surface area contributed by atoms with E-state index in [0.29, 0.717) is 12.3 Å². The summed E-state index contributed by atoms with van der Waals surface area (Å²) in [5.41, 5.74) is 1.23. The van der Waals surface area contributed by atoms with Crippen LogP contribution in [0.15, 0.2) is 11.7 Å². The van der Waals surface area contributed by atoms with Crippen LogP contribution in [0.25, 0.3) is 0 Å². The molecule has 2 atom stereocenters. The van der Waals surface area contributed by atoms with E-state index in [0.717, 1.165) is 24.1 Å². The number of nitrogens with zero attached hydrogens (tertiary/aromatic N) is 1. The molecular weight excluding hydrogens is 234 g/mol. The largest absolute Gasteiger partial charge is 0.370 e. The van der Waals surface area contributed by atoms with Gasteiger partial charge in [-0.3, -0.25) is 9.78 Å². The van der Waals surface area contributed by atoms with Gasteiger partial charge < -0.3 is 4.74 Å². The SMILES string of the molecule is COC1(C(=O)Cc2cncs2)CCCC(C)C1. The Kier molecular flexibility index (Phi) is 3.94. The zero-order valence-electron chi connectivity index (χ0n) is 10.4. The highest BCUT2D eigenvalue weighted by Crippen LogP contribution is 2.36. The van der Waals surface area contributed by atoms with Crippen LogP contribution in [0.3, 0.4) is 0 Å². The summed E-state index contributed by atoms with van der Waals surface area (Å²) in [7, 11) is 1.67. The summed E-state index contributed by atoms with van der Waals surface area (Å²) >= 11 is 1.54. The Bertz CT molecular complexity index is 377. The molecule has 4 heteroatoms. The molecule has 0 amide bonds. The van der Waals surface area contributed by atoms with E-state index < -0.39 is 5.60 Å². The van der Waals surface area contributed by atoms with Crippen molar-refractivity contribution in [2.45, 2.75) is 44.6 Å². The van der Waals surface area contributed by atoms with E-state index in [9.17, 15) is 4.79 Å². The van der Waals surface area contributed by atoms with E-state index >= 15 is 0 Å². The van der Waals surface area contributed by atoms with Crippen molar-refractivity contribution in [2.24, 2.45) is 5.92 Å². The highest BCUT2D eigenvalue weighted by atomic mass is 32.1. The van der Waals surface area contributed by atoms with Crippen molar-refractivity contribution in [3.8, 4) is 0 Å². The van der Waals surface area contributed by atoms with E-state index in [1.807, 2.05) is 0 Å². The van der Waals surface area contributed by atoms with E-state index in [1.165, 1.54) is 17.8 Å². The summed E-state index contributed by atoms with van der Waals surface area (Å²) < 4.78 is 5.59. The summed E-state index contributed by atoms with van der Waals surface area (Å²) in [4.78, 5) is 17.5. The maximum Gasteiger partial charge on any atom is 0.169 e. The zero-order valence-corrected chi connectivity index (χ0v) is 11.3. The predicted molar refractivity (Wildman–Crippen MR) is 68.2 cm³/mol. The molecule has 3 nitrogen and oxygen atoms in total. The van der Waals surface area contributed by atoms with Crippen molar-refractivity contribution in [1.29, 1.82) is 0 Å². The van der Waals surface area contributed by atoms with E-state index in [1.54, 1.807) is 18.8 Å². The smallest absolute Gasteiger partial charge is 0.169 e. The Balaban J connectivity index is 2.09. The number of ether oxygens (including phenoxy) is 1. The molecule has 0 saturated heterocycles. The van der Waals surface area contributed by atoms with Gasteiger partial charge in [0.1, 0.15) is 5.60 Å². The predicted octanol–water partition coefficient (Wildman–Crippen LogP) is 2.85. The molecule has 94 valence electrons. The number of carbonyl (C=O) groups is 1. The second kappa shape index (κ2) is 5.27. The number of ketones is 1. The molecule has 17 heavy (non-hydrogen) atoms. The van der Waals surface area contributed by atoms with Crippen LogP contribution < -0.4 is 0 Å². The first-order valence-electron chi connectivity index (χ1n) is 6.12. The number of thiazole rings is 1. The van der Waals surface area contributed by atoms with Gasteiger partial charge in [0.05, 0.1) is 5.51 Å². The lowest BCUT2D eigenvalue weighted by Gasteiger charge is -2.37. The minimum atomic E-state index is -0.540. The second-order valence-corrected chi connectivity index (χ2v) is 5.94. The number of Topliss-reactive ketones (excluding diaryl/α,β-unsaturated/α-hetero) is 1. The van der Waals surface area contributed by atoms with E-state index in [-0.39, 0.29) is 5.78 Å². The first-order valence-corrected chi connectivity index (χ1v) is 7.00. The van der Waals surface area contributed by atoms with Crippen LogP contribution in [0, 0.1) is 5.92 Å². The second-order valence-electron chi connectivity index (χ2n) is 4.97. The molecule has 1 aliphatic rings. The number of methoxy groups -OCH3 is 1. The number of carbonyl (C=O) groups excluding carboxylic acids is 1. The number of hydrogen-bond donors (Lipinski definition) is 0. The van der Waals surface area contributed by atoms with Gasteiger partial charge in [-0.25, -0.2) is 0 Å². The minimum absolute atomic E-state index is 0.218.